The highest BCUT2D eigenvalue weighted by Crippen LogP contribution is 2.43. The van der Waals surface area contributed by atoms with E-state index in [0.29, 0.717) is 5.41 Å². The number of guanidine groups is 1. The fourth-order valence-corrected chi connectivity index (χ4v) is 4.85. The number of aryl methyl sites for hydroxylation is 2. The number of pyridine rings is 1. The molecule has 1 aliphatic heterocycles. The molecule has 0 aromatic carbocycles. The van der Waals surface area contributed by atoms with Crippen molar-refractivity contribution in [2.45, 2.75) is 58.9 Å². The van der Waals surface area contributed by atoms with Gasteiger partial charge in [-0.1, -0.05) is 25.3 Å². The van der Waals surface area contributed by atoms with E-state index in [2.05, 4.69) is 44.3 Å². The largest absolute Gasteiger partial charge is 0.352 e. The van der Waals surface area contributed by atoms with Gasteiger partial charge in [0.25, 0.3) is 0 Å². The van der Waals surface area contributed by atoms with Crippen LogP contribution < -0.4 is 5.32 Å². The van der Waals surface area contributed by atoms with E-state index in [1.54, 1.807) is 0 Å². The SMILES string of the molecule is CN=C(NCc1ccc(-n2nc(C)cc2C)nc1)N1CCC2(CCCCC2)C1.I. The molecule has 2 aliphatic rings. The van der Waals surface area contributed by atoms with Crippen molar-refractivity contribution in [3.8, 4) is 5.82 Å². The fourth-order valence-electron chi connectivity index (χ4n) is 4.85. The number of likely N-dealkylation sites (tertiary alicyclic amines) is 1. The summed E-state index contributed by atoms with van der Waals surface area (Å²) in [4.78, 5) is 11.6. The quantitative estimate of drug-likeness (QED) is 0.383. The number of rotatable bonds is 3. The molecular formula is C22H33IN6. The number of hydrogen-bond donors (Lipinski definition) is 1. The number of nitrogens with zero attached hydrogens (tertiary/aromatic N) is 5. The van der Waals surface area contributed by atoms with E-state index in [0.717, 1.165) is 48.4 Å². The number of halogens is 1. The smallest absolute Gasteiger partial charge is 0.193 e. The van der Waals surface area contributed by atoms with Gasteiger partial charge in [-0.25, -0.2) is 9.67 Å². The second kappa shape index (κ2) is 9.45. The van der Waals surface area contributed by atoms with Crippen LogP contribution in [-0.2, 0) is 6.54 Å². The maximum absolute atomic E-state index is 4.60. The van der Waals surface area contributed by atoms with Crippen LogP contribution in [0, 0.1) is 19.3 Å². The molecule has 1 saturated heterocycles. The zero-order valence-electron chi connectivity index (χ0n) is 17.8. The molecule has 0 amide bonds. The van der Waals surface area contributed by atoms with E-state index in [1.807, 2.05) is 30.9 Å². The number of aromatic nitrogens is 3. The first-order valence-electron chi connectivity index (χ1n) is 10.5. The van der Waals surface area contributed by atoms with E-state index >= 15 is 0 Å². The zero-order chi connectivity index (χ0) is 19.6. The van der Waals surface area contributed by atoms with Gasteiger partial charge < -0.3 is 10.2 Å². The summed E-state index contributed by atoms with van der Waals surface area (Å²) >= 11 is 0. The molecule has 6 nitrogen and oxygen atoms in total. The summed E-state index contributed by atoms with van der Waals surface area (Å²) in [7, 11) is 1.89. The third-order valence-electron chi connectivity index (χ3n) is 6.35. The summed E-state index contributed by atoms with van der Waals surface area (Å²) in [6.45, 7) is 7.07. The van der Waals surface area contributed by atoms with Crippen LogP contribution in [0.15, 0.2) is 29.4 Å². The summed E-state index contributed by atoms with van der Waals surface area (Å²) in [6, 6.07) is 6.22. The van der Waals surface area contributed by atoms with E-state index in [1.165, 1.54) is 38.5 Å². The fraction of sp³-hybridized carbons (Fsp3) is 0.591. The van der Waals surface area contributed by atoms with Gasteiger partial charge in [-0.05, 0) is 56.2 Å². The number of nitrogens with one attached hydrogen (secondary N) is 1. The van der Waals surface area contributed by atoms with E-state index < -0.39 is 0 Å². The van der Waals surface area contributed by atoms with Gasteiger partial charge in [0.2, 0.25) is 0 Å². The minimum Gasteiger partial charge on any atom is -0.352 e. The van der Waals surface area contributed by atoms with Gasteiger partial charge in [0, 0.05) is 38.6 Å². The predicted molar refractivity (Wildman–Crippen MR) is 128 cm³/mol. The van der Waals surface area contributed by atoms with Crippen molar-refractivity contribution in [1.82, 2.24) is 25.0 Å². The highest BCUT2D eigenvalue weighted by atomic mass is 127. The van der Waals surface area contributed by atoms with Crippen molar-refractivity contribution in [2.75, 3.05) is 20.1 Å². The molecule has 158 valence electrons. The van der Waals surface area contributed by atoms with Crippen LogP contribution in [-0.4, -0.2) is 45.8 Å². The first-order chi connectivity index (χ1) is 13.6. The lowest BCUT2D eigenvalue weighted by atomic mass is 9.73. The van der Waals surface area contributed by atoms with Crippen LogP contribution in [0.5, 0.6) is 0 Å². The third kappa shape index (κ3) is 4.92. The van der Waals surface area contributed by atoms with Crippen LogP contribution in [0.25, 0.3) is 5.82 Å². The van der Waals surface area contributed by atoms with Crippen LogP contribution >= 0.6 is 24.0 Å². The van der Waals surface area contributed by atoms with Crippen LogP contribution in [0.4, 0.5) is 0 Å². The molecular weight excluding hydrogens is 475 g/mol. The van der Waals surface area contributed by atoms with Crippen molar-refractivity contribution >= 4 is 29.9 Å². The first-order valence-corrected chi connectivity index (χ1v) is 10.5. The van der Waals surface area contributed by atoms with E-state index in [-0.39, 0.29) is 24.0 Å². The molecule has 0 bridgehead atoms. The molecule has 2 aromatic heterocycles. The van der Waals surface area contributed by atoms with Gasteiger partial charge in [-0.15, -0.1) is 24.0 Å². The van der Waals surface area contributed by atoms with Gasteiger partial charge in [0.05, 0.1) is 5.69 Å². The number of hydrogen-bond acceptors (Lipinski definition) is 3. The van der Waals surface area contributed by atoms with Gasteiger partial charge in [-0.3, -0.25) is 4.99 Å². The molecule has 3 heterocycles. The molecule has 1 aliphatic carbocycles. The summed E-state index contributed by atoms with van der Waals surface area (Å²) in [5.74, 6) is 1.88. The molecule has 29 heavy (non-hydrogen) atoms. The molecule has 2 fully saturated rings. The standard InChI is InChI=1S/C22H32N6.HI/c1-17-13-18(2)28(26-17)20-8-7-19(14-24-20)15-25-21(23-3)27-12-11-22(16-27)9-5-4-6-10-22;/h7-8,13-14H,4-6,9-12,15-16H2,1-3H3,(H,23,25);1H. The maximum atomic E-state index is 4.60. The van der Waals surface area contributed by atoms with Crippen molar-refractivity contribution < 1.29 is 0 Å². The molecule has 4 rings (SSSR count). The molecule has 7 heteroatoms. The Morgan fingerprint density at radius 2 is 1.97 bits per heavy atom. The topological polar surface area (TPSA) is 58.3 Å². The highest BCUT2D eigenvalue weighted by molar-refractivity contribution is 14.0. The normalized spacial score (nSPS) is 18.7. The van der Waals surface area contributed by atoms with Crippen molar-refractivity contribution in [1.29, 1.82) is 0 Å². The Morgan fingerprint density at radius 3 is 2.59 bits per heavy atom. The van der Waals surface area contributed by atoms with Gasteiger partial charge >= 0.3 is 0 Å². The van der Waals surface area contributed by atoms with Gasteiger partial charge in [0.1, 0.15) is 0 Å². The lowest BCUT2D eigenvalue weighted by Gasteiger charge is -2.33. The molecule has 0 unspecified atom stereocenters. The second-order valence-electron chi connectivity index (χ2n) is 8.50. The van der Waals surface area contributed by atoms with Crippen molar-refractivity contribution in [3.63, 3.8) is 0 Å². The summed E-state index contributed by atoms with van der Waals surface area (Å²) < 4.78 is 1.89. The Bertz CT molecular complexity index is 835. The second-order valence-corrected chi connectivity index (χ2v) is 8.50. The molecule has 0 atom stereocenters. The lowest BCUT2D eigenvalue weighted by molar-refractivity contribution is 0.203. The zero-order valence-corrected chi connectivity index (χ0v) is 20.1. The lowest BCUT2D eigenvalue weighted by Crippen LogP contribution is -2.41. The predicted octanol–water partition coefficient (Wildman–Crippen LogP) is 4.23. The summed E-state index contributed by atoms with van der Waals surface area (Å²) in [6.07, 6.45) is 10.2. The molecule has 1 saturated carbocycles. The van der Waals surface area contributed by atoms with Gasteiger partial charge in [0.15, 0.2) is 11.8 Å². The average Bonchev–Trinajstić information content (AvgIpc) is 3.26. The Kier molecular flexibility index (Phi) is 7.19. The molecule has 1 spiro atoms. The molecule has 1 N–H and O–H groups in total. The van der Waals surface area contributed by atoms with Crippen LogP contribution in [0.3, 0.4) is 0 Å². The first kappa shape index (κ1) is 22.1. The molecule has 2 aromatic rings. The van der Waals surface area contributed by atoms with E-state index in [9.17, 15) is 0 Å². The Labute approximate surface area is 191 Å². The summed E-state index contributed by atoms with van der Waals surface area (Å²) in [5, 5.41) is 8.04. The van der Waals surface area contributed by atoms with Crippen LogP contribution in [0.2, 0.25) is 0 Å². The highest BCUT2D eigenvalue weighted by Gasteiger charge is 2.39. The van der Waals surface area contributed by atoms with Crippen molar-refractivity contribution in [2.24, 2.45) is 10.4 Å². The Balaban J connectivity index is 0.00000240. The average molecular weight is 508 g/mol. The minimum absolute atomic E-state index is 0. The maximum Gasteiger partial charge on any atom is 0.193 e. The number of aliphatic imine (C=N–C) groups is 1. The molecule has 0 radical (unpaired) electrons. The van der Waals surface area contributed by atoms with E-state index in [4.69, 9.17) is 0 Å². The summed E-state index contributed by atoms with van der Waals surface area (Å²) in [5.41, 5.74) is 3.80. The van der Waals surface area contributed by atoms with Crippen LogP contribution in [0.1, 0.15) is 55.5 Å². The van der Waals surface area contributed by atoms with Gasteiger partial charge in [-0.2, -0.15) is 5.10 Å². The van der Waals surface area contributed by atoms with Crippen molar-refractivity contribution in [3.05, 3.63) is 41.3 Å². The minimum atomic E-state index is 0. The third-order valence-corrected chi connectivity index (χ3v) is 6.35. The Morgan fingerprint density at radius 1 is 1.17 bits per heavy atom. The Hall–Kier alpha value is -1.64. The monoisotopic (exact) mass is 508 g/mol.